The molecule has 0 unspecified atom stereocenters. The zero-order chi connectivity index (χ0) is 14.7. The predicted molar refractivity (Wildman–Crippen MR) is 78.9 cm³/mol. The van der Waals surface area contributed by atoms with Crippen molar-refractivity contribution < 1.29 is 14.3 Å². The number of hydrogen-bond acceptors (Lipinski definition) is 4. The van der Waals surface area contributed by atoms with Gasteiger partial charge in [0.1, 0.15) is 5.75 Å². The molecule has 1 fully saturated rings. The Kier molecular flexibility index (Phi) is 3.86. The van der Waals surface area contributed by atoms with Gasteiger partial charge in [-0.3, -0.25) is 4.79 Å². The second kappa shape index (κ2) is 5.95. The van der Waals surface area contributed by atoms with Crippen molar-refractivity contribution in [2.75, 3.05) is 7.11 Å². The summed E-state index contributed by atoms with van der Waals surface area (Å²) in [6.45, 7) is 0. The first-order chi connectivity index (χ1) is 10.2. The summed E-state index contributed by atoms with van der Waals surface area (Å²) in [5, 5.41) is 0. The van der Waals surface area contributed by atoms with Gasteiger partial charge in [0, 0.05) is 24.2 Å². The van der Waals surface area contributed by atoms with Crippen LogP contribution < -0.4 is 9.47 Å². The summed E-state index contributed by atoms with van der Waals surface area (Å²) < 4.78 is 10.7. The number of aromatic nitrogens is 1. The standard InChI is InChI=1S/C17H17NO3/c1-20-17-9-2-12(11-18-17)10-16(19)13-3-5-14(6-4-13)21-15-7-8-15/h2-6,9,11,15H,7-8,10H2,1H3. The minimum absolute atomic E-state index is 0.0694. The van der Waals surface area contributed by atoms with Gasteiger partial charge in [-0.1, -0.05) is 6.07 Å². The summed E-state index contributed by atoms with van der Waals surface area (Å²) >= 11 is 0. The van der Waals surface area contributed by atoms with Gasteiger partial charge in [-0.05, 0) is 42.7 Å². The first-order valence-electron chi connectivity index (χ1n) is 7.03. The fourth-order valence-corrected chi connectivity index (χ4v) is 2.02. The topological polar surface area (TPSA) is 48.4 Å². The van der Waals surface area contributed by atoms with Crippen LogP contribution in [0.2, 0.25) is 0 Å². The largest absolute Gasteiger partial charge is 0.490 e. The van der Waals surface area contributed by atoms with E-state index in [1.807, 2.05) is 30.3 Å². The molecule has 1 aliphatic rings. The molecule has 0 N–H and O–H groups in total. The fraction of sp³-hybridized carbons (Fsp3) is 0.294. The Morgan fingerprint density at radius 2 is 1.95 bits per heavy atom. The van der Waals surface area contributed by atoms with Crippen LogP contribution in [0.15, 0.2) is 42.6 Å². The Morgan fingerprint density at radius 3 is 2.52 bits per heavy atom. The molecule has 1 aromatic heterocycles. The Labute approximate surface area is 123 Å². The number of ether oxygens (including phenoxy) is 2. The number of benzene rings is 1. The number of carbonyl (C=O) groups excluding carboxylic acids is 1. The number of methoxy groups -OCH3 is 1. The zero-order valence-electron chi connectivity index (χ0n) is 11.9. The number of rotatable bonds is 6. The van der Waals surface area contributed by atoms with Crippen LogP contribution >= 0.6 is 0 Å². The molecule has 4 nitrogen and oxygen atoms in total. The van der Waals surface area contributed by atoms with Crippen molar-refractivity contribution >= 4 is 5.78 Å². The molecule has 3 rings (SSSR count). The number of Topliss-reactive ketones (excluding diaryl/α,β-unsaturated/α-hetero) is 1. The van der Waals surface area contributed by atoms with Crippen LogP contribution in [0.3, 0.4) is 0 Å². The Balaban J connectivity index is 1.63. The van der Waals surface area contributed by atoms with Gasteiger partial charge < -0.3 is 9.47 Å². The molecular weight excluding hydrogens is 266 g/mol. The molecule has 0 atom stereocenters. The molecular formula is C17H17NO3. The van der Waals surface area contributed by atoms with Crippen molar-refractivity contribution in [2.45, 2.75) is 25.4 Å². The number of ketones is 1. The van der Waals surface area contributed by atoms with E-state index in [0.29, 0.717) is 24.0 Å². The molecule has 0 aliphatic heterocycles. The van der Waals surface area contributed by atoms with Gasteiger partial charge in [-0.15, -0.1) is 0 Å². The van der Waals surface area contributed by atoms with Crippen molar-refractivity contribution in [3.05, 3.63) is 53.7 Å². The number of carbonyl (C=O) groups is 1. The van der Waals surface area contributed by atoms with Crippen molar-refractivity contribution in [1.82, 2.24) is 4.98 Å². The second-order valence-corrected chi connectivity index (χ2v) is 5.15. The smallest absolute Gasteiger partial charge is 0.212 e. The van der Waals surface area contributed by atoms with Crippen molar-refractivity contribution in [2.24, 2.45) is 0 Å². The highest BCUT2D eigenvalue weighted by Gasteiger charge is 2.23. The molecule has 1 saturated carbocycles. The van der Waals surface area contributed by atoms with E-state index in [4.69, 9.17) is 9.47 Å². The maximum absolute atomic E-state index is 12.2. The fourth-order valence-electron chi connectivity index (χ4n) is 2.02. The molecule has 0 radical (unpaired) electrons. The van der Waals surface area contributed by atoms with Crippen LogP contribution in [0.1, 0.15) is 28.8 Å². The summed E-state index contributed by atoms with van der Waals surface area (Å²) in [6, 6.07) is 11.0. The quantitative estimate of drug-likeness (QED) is 0.764. The lowest BCUT2D eigenvalue weighted by molar-refractivity contribution is 0.0993. The molecule has 108 valence electrons. The summed E-state index contributed by atoms with van der Waals surface area (Å²) in [7, 11) is 1.57. The average molecular weight is 283 g/mol. The molecule has 0 spiro atoms. The van der Waals surface area contributed by atoms with E-state index in [-0.39, 0.29) is 5.78 Å². The summed E-state index contributed by atoms with van der Waals surface area (Å²) in [4.78, 5) is 16.3. The van der Waals surface area contributed by atoms with Gasteiger partial charge in [-0.25, -0.2) is 4.98 Å². The Hall–Kier alpha value is -2.36. The molecule has 0 amide bonds. The molecule has 21 heavy (non-hydrogen) atoms. The maximum atomic E-state index is 12.2. The molecule has 1 aromatic carbocycles. The SMILES string of the molecule is COc1ccc(CC(=O)c2ccc(OC3CC3)cc2)cn1. The normalized spacial score (nSPS) is 13.8. The predicted octanol–water partition coefficient (Wildman–Crippen LogP) is 3.06. The van der Waals surface area contributed by atoms with E-state index < -0.39 is 0 Å². The van der Waals surface area contributed by atoms with Gasteiger partial charge in [0.15, 0.2) is 5.78 Å². The van der Waals surface area contributed by atoms with Gasteiger partial charge in [0.2, 0.25) is 5.88 Å². The highest BCUT2D eigenvalue weighted by Crippen LogP contribution is 2.26. The minimum atomic E-state index is 0.0694. The third-order valence-corrected chi connectivity index (χ3v) is 3.37. The van der Waals surface area contributed by atoms with Gasteiger partial charge >= 0.3 is 0 Å². The van der Waals surface area contributed by atoms with E-state index in [1.165, 1.54) is 0 Å². The zero-order valence-corrected chi connectivity index (χ0v) is 11.9. The van der Waals surface area contributed by atoms with Crippen molar-refractivity contribution in [3.63, 3.8) is 0 Å². The third-order valence-electron chi connectivity index (χ3n) is 3.37. The van der Waals surface area contributed by atoms with E-state index in [0.717, 1.165) is 24.2 Å². The van der Waals surface area contributed by atoms with E-state index in [9.17, 15) is 4.79 Å². The highest BCUT2D eigenvalue weighted by molar-refractivity contribution is 5.97. The van der Waals surface area contributed by atoms with Crippen molar-refractivity contribution in [1.29, 1.82) is 0 Å². The lowest BCUT2D eigenvalue weighted by atomic mass is 10.0. The van der Waals surface area contributed by atoms with Crippen LogP contribution in [-0.2, 0) is 6.42 Å². The monoisotopic (exact) mass is 283 g/mol. The first kappa shape index (κ1) is 13.6. The van der Waals surface area contributed by atoms with Crippen LogP contribution in [0.5, 0.6) is 11.6 Å². The lowest BCUT2D eigenvalue weighted by Gasteiger charge is -2.06. The van der Waals surface area contributed by atoms with Gasteiger partial charge in [-0.2, -0.15) is 0 Å². The van der Waals surface area contributed by atoms with Gasteiger partial charge in [0.05, 0.1) is 13.2 Å². The minimum Gasteiger partial charge on any atom is -0.490 e. The number of nitrogens with zero attached hydrogens (tertiary/aromatic N) is 1. The Morgan fingerprint density at radius 1 is 1.19 bits per heavy atom. The van der Waals surface area contributed by atoms with Crippen LogP contribution in [0.4, 0.5) is 0 Å². The molecule has 1 heterocycles. The van der Waals surface area contributed by atoms with Gasteiger partial charge in [0.25, 0.3) is 0 Å². The molecule has 0 saturated heterocycles. The van der Waals surface area contributed by atoms with Crippen LogP contribution in [0, 0.1) is 0 Å². The summed E-state index contributed by atoms with van der Waals surface area (Å²) in [5.41, 5.74) is 1.56. The molecule has 1 aliphatic carbocycles. The van der Waals surface area contributed by atoms with E-state index >= 15 is 0 Å². The summed E-state index contributed by atoms with van der Waals surface area (Å²) in [5.74, 6) is 1.45. The molecule has 0 bridgehead atoms. The average Bonchev–Trinajstić information content (AvgIpc) is 3.33. The maximum Gasteiger partial charge on any atom is 0.212 e. The molecule has 2 aromatic rings. The van der Waals surface area contributed by atoms with Crippen molar-refractivity contribution in [3.8, 4) is 11.6 Å². The van der Waals surface area contributed by atoms with E-state index in [1.54, 1.807) is 19.4 Å². The lowest BCUT2D eigenvalue weighted by Crippen LogP contribution is -2.04. The molecule has 4 heteroatoms. The third kappa shape index (κ3) is 3.60. The summed E-state index contributed by atoms with van der Waals surface area (Å²) in [6.07, 6.45) is 4.63. The Bertz CT molecular complexity index is 615. The number of hydrogen-bond donors (Lipinski definition) is 0. The second-order valence-electron chi connectivity index (χ2n) is 5.15. The first-order valence-corrected chi connectivity index (χ1v) is 7.03. The van der Waals surface area contributed by atoms with E-state index in [2.05, 4.69) is 4.98 Å². The van der Waals surface area contributed by atoms with Crippen LogP contribution in [0.25, 0.3) is 0 Å². The highest BCUT2D eigenvalue weighted by atomic mass is 16.5. The van der Waals surface area contributed by atoms with Crippen LogP contribution in [-0.4, -0.2) is 24.0 Å². The number of pyridine rings is 1.